The molecule has 19 heavy (non-hydrogen) atoms. The predicted molar refractivity (Wildman–Crippen MR) is 74.1 cm³/mol. The summed E-state index contributed by atoms with van der Waals surface area (Å²) in [5.41, 5.74) is 8.89. The first-order chi connectivity index (χ1) is 9.08. The SMILES string of the molecule is Cc1ccncc1CNc1ccc(N)c(C(=O)O)c1. The number of rotatable bonds is 4. The zero-order chi connectivity index (χ0) is 13.8. The minimum atomic E-state index is -1.03. The molecule has 0 unspecified atom stereocenters. The topological polar surface area (TPSA) is 88.2 Å². The Labute approximate surface area is 111 Å². The molecule has 5 nitrogen and oxygen atoms in total. The van der Waals surface area contributed by atoms with E-state index in [4.69, 9.17) is 10.8 Å². The Morgan fingerprint density at radius 1 is 1.42 bits per heavy atom. The molecule has 4 N–H and O–H groups in total. The van der Waals surface area contributed by atoms with Crippen LogP contribution in [0.15, 0.2) is 36.7 Å². The van der Waals surface area contributed by atoms with Crippen molar-refractivity contribution in [3.8, 4) is 0 Å². The van der Waals surface area contributed by atoms with Gasteiger partial charge in [0, 0.05) is 30.3 Å². The smallest absolute Gasteiger partial charge is 0.337 e. The van der Waals surface area contributed by atoms with Crippen LogP contribution in [-0.4, -0.2) is 16.1 Å². The van der Waals surface area contributed by atoms with E-state index in [2.05, 4.69) is 10.3 Å². The molecule has 0 bridgehead atoms. The second kappa shape index (κ2) is 5.39. The third-order valence-corrected chi connectivity index (χ3v) is 2.91. The third kappa shape index (κ3) is 3.01. The average molecular weight is 257 g/mol. The van der Waals surface area contributed by atoms with Crippen LogP contribution >= 0.6 is 0 Å². The van der Waals surface area contributed by atoms with Crippen molar-refractivity contribution in [2.24, 2.45) is 0 Å². The normalized spacial score (nSPS) is 10.2. The number of carboxylic acids is 1. The van der Waals surface area contributed by atoms with Crippen molar-refractivity contribution in [1.82, 2.24) is 4.98 Å². The number of aromatic nitrogens is 1. The first kappa shape index (κ1) is 12.9. The number of pyridine rings is 1. The van der Waals surface area contributed by atoms with Crippen LogP contribution in [0.2, 0.25) is 0 Å². The molecule has 0 amide bonds. The fourth-order valence-corrected chi connectivity index (χ4v) is 1.73. The summed E-state index contributed by atoms with van der Waals surface area (Å²) in [4.78, 5) is 15.0. The summed E-state index contributed by atoms with van der Waals surface area (Å²) in [5, 5.41) is 12.2. The molecular formula is C14H15N3O2. The number of hydrogen-bond donors (Lipinski definition) is 3. The van der Waals surface area contributed by atoms with Crippen LogP contribution in [0.4, 0.5) is 11.4 Å². The van der Waals surface area contributed by atoms with E-state index in [0.717, 1.165) is 16.8 Å². The molecule has 5 heteroatoms. The molecule has 0 aliphatic carbocycles. The molecular weight excluding hydrogens is 242 g/mol. The second-order valence-electron chi connectivity index (χ2n) is 4.26. The minimum absolute atomic E-state index is 0.105. The molecule has 0 saturated heterocycles. The van der Waals surface area contributed by atoms with Gasteiger partial charge >= 0.3 is 5.97 Å². The Balaban J connectivity index is 2.14. The van der Waals surface area contributed by atoms with Crippen molar-refractivity contribution in [2.75, 3.05) is 11.1 Å². The number of hydrogen-bond acceptors (Lipinski definition) is 4. The molecule has 0 saturated carbocycles. The van der Waals surface area contributed by atoms with Gasteiger partial charge in [-0.25, -0.2) is 4.79 Å². The Morgan fingerprint density at radius 2 is 2.21 bits per heavy atom. The molecule has 0 aliphatic heterocycles. The highest BCUT2D eigenvalue weighted by atomic mass is 16.4. The van der Waals surface area contributed by atoms with Gasteiger partial charge in [0.25, 0.3) is 0 Å². The quantitative estimate of drug-likeness (QED) is 0.731. The van der Waals surface area contributed by atoms with Gasteiger partial charge < -0.3 is 16.2 Å². The summed E-state index contributed by atoms with van der Waals surface area (Å²) in [6, 6.07) is 6.81. The van der Waals surface area contributed by atoms with Crippen molar-refractivity contribution in [3.05, 3.63) is 53.3 Å². The zero-order valence-corrected chi connectivity index (χ0v) is 10.6. The van der Waals surface area contributed by atoms with Crippen LogP contribution in [0.25, 0.3) is 0 Å². The summed E-state index contributed by atoms with van der Waals surface area (Å²) in [7, 11) is 0. The summed E-state index contributed by atoms with van der Waals surface area (Å²) in [5.74, 6) is -1.03. The monoisotopic (exact) mass is 257 g/mol. The number of nitrogen functional groups attached to an aromatic ring is 1. The Hall–Kier alpha value is -2.56. The highest BCUT2D eigenvalue weighted by molar-refractivity contribution is 5.94. The molecule has 0 spiro atoms. The van der Waals surface area contributed by atoms with Gasteiger partial charge in [-0.2, -0.15) is 0 Å². The molecule has 2 rings (SSSR count). The number of anilines is 2. The lowest BCUT2D eigenvalue weighted by Gasteiger charge is -2.10. The standard InChI is InChI=1S/C14H15N3O2/c1-9-4-5-16-7-10(9)8-17-11-2-3-13(15)12(6-11)14(18)19/h2-7,17H,8,15H2,1H3,(H,18,19). The van der Waals surface area contributed by atoms with Crippen LogP contribution in [-0.2, 0) is 6.54 Å². The highest BCUT2D eigenvalue weighted by Gasteiger charge is 2.08. The van der Waals surface area contributed by atoms with E-state index >= 15 is 0 Å². The second-order valence-corrected chi connectivity index (χ2v) is 4.26. The first-order valence-corrected chi connectivity index (χ1v) is 5.84. The van der Waals surface area contributed by atoms with Gasteiger partial charge in [-0.15, -0.1) is 0 Å². The molecule has 0 fully saturated rings. The lowest BCUT2D eigenvalue weighted by atomic mass is 10.1. The summed E-state index contributed by atoms with van der Waals surface area (Å²) < 4.78 is 0. The van der Waals surface area contributed by atoms with Crippen LogP contribution in [0.1, 0.15) is 21.5 Å². The largest absolute Gasteiger partial charge is 0.478 e. The van der Waals surface area contributed by atoms with Crippen LogP contribution < -0.4 is 11.1 Å². The summed E-state index contributed by atoms with van der Waals surface area (Å²) in [6.07, 6.45) is 3.53. The zero-order valence-electron chi connectivity index (χ0n) is 10.6. The van der Waals surface area contributed by atoms with E-state index in [1.54, 1.807) is 24.5 Å². The number of aromatic carboxylic acids is 1. The maximum atomic E-state index is 11.0. The lowest BCUT2D eigenvalue weighted by Crippen LogP contribution is -2.06. The van der Waals surface area contributed by atoms with Gasteiger partial charge in [0.1, 0.15) is 0 Å². The number of nitrogens with zero attached hydrogens (tertiary/aromatic N) is 1. The lowest BCUT2D eigenvalue weighted by molar-refractivity contribution is 0.0698. The van der Waals surface area contributed by atoms with Crippen LogP contribution in [0, 0.1) is 6.92 Å². The van der Waals surface area contributed by atoms with Crippen molar-refractivity contribution in [2.45, 2.75) is 13.5 Å². The summed E-state index contributed by atoms with van der Waals surface area (Å²) in [6.45, 7) is 2.59. The van der Waals surface area contributed by atoms with Gasteiger partial charge in [-0.3, -0.25) is 4.98 Å². The van der Waals surface area contributed by atoms with Gasteiger partial charge in [0.15, 0.2) is 0 Å². The van der Waals surface area contributed by atoms with Crippen molar-refractivity contribution in [1.29, 1.82) is 0 Å². The number of carbonyl (C=O) groups is 1. The van der Waals surface area contributed by atoms with Crippen molar-refractivity contribution >= 4 is 17.3 Å². The van der Waals surface area contributed by atoms with E-state index in [1.807, 2.05) is 13.0 Å². The molecule has 0 atom stereocenters. The molecule has 1 aromatic heterocycles. The molecule has 1 heterocycles. The van der Waals surface area contributed by atoms with E-state index in [9.17, 15) is 4.79 Å². The van der Waals surface area contributed by atoms with Crippen LogP contribution in [0.5, 0.6) is 0 Å². The van der Waals surface area contributed by atoms with Gasteiger partial charge in [-0.05, 0) is 42.3 Å². The van der Waals surface area contributed by atoms with E-state index < -0.39 is 5.97 Å². The third-order valence-electron chi connectivity index (χ3n) is 2.91. The highest BCUT2D eigenvalue weighted by Crippen LogP contribution is 2.18. The average Bonchev–Trinajstić information content (AvgIpc) is 2.39. The van der Waals surface area contributed by atoms with Crippen molar-refractivity contribution in [3.63, 3.8) is 0 Å². The predicted octanol–water partition coefficient (Wildman–Crippen LogP) is 2.28. The molecule has 0 aliphatic rings. The van der Waals surface area contributed by atoms with Crippen molar-refractivity contribution < 1.29 is 9.90 Å². The van der Waals surface area contributed by atoms with Crippen LogP contribution in [0.3, 0.4) is 0 Å². The molecule has 2 aromatic rings. The first-order valence-electron chi connectivity index (χ1n) is 5.84. The molecule has 0 radical (unpaired) electrons. The Bertz CT molecular complexity index is 611. The Kier molecular flexibility index (Phi) is 3.66. The number of nitrogens with two attached hydrogens (primary N) is 1. The number of aryl methyl sites for hydroxylation is 1. The maximum absolute atomic E-state index is 11.0. The van der Waals surface area contributed by atoms with Gasteiger partial charge in [-0.1, -0.05) is 0 Å². The number of benzene rings is 1. The molecule has 98 valence electrons. The van der Waals surface area contributed by atoms with Gasteiger partial charge in [0.2, 0.25) is 0 Å². The van der Waals surface area contributed by atoms with E-state index in [1.165, 1.54) is 6.07 Å². The summed E-state index contributed by atoms with van der Waals surface area (Å²) >= 11 is 0. The number of nitrogens with one attached hydrogen (secondary N) is 1. The minimum Gasteiger partial charge on any atom is -0.478 e. The number of carboxylic acid groups (broad SMARTS) is 1. The maximum Gasteiger partial charge on any atom is 0.337 e. The fraction of sp³-hybridized carbons (Fsp3) is 0.143. The Morgan fingerprint density at radius 3 is 2.89 bits per heavy atom. The van der Waals surface area contributed by atoms with E-state index in [-0.39, 0.29) is 11.3 Å². The van der Waals surface area contributed by atoms with Gasteiger partial charge in [0.05, 0.1) is 5.56 Å². The van der Waals surface area contributed by atoms with E-state index in [0.29, 0.717) is 6.54 Å². The molecule has 1 aromatic carbocycles. The fourth-order valence-electron chi connectivity index (χ4n) is 1.73.